The number of nitrogens with zero attached hydrogens (tertiary/aromatic N) is 3. The van der Waals surface area contributed by atoms with E-state index in [0.717, 1.165) is 43.2 Å². The van der Waals surface area contributed by atoms with Gasteiger partial charge in [0.1, 0.15) is 5.82 Å². The zero-order chi connectivity index (χ0) is 13.8. The molecular weight excluding hydrogens is 224 g/mol. The molecule has 0 unspecified atom stereocenters. The van der Waals surface area contributed by atoms with Crippen molar-refractivity contribution in [2.45, 2.75) is 59.5 Å². The lowest BCUT2D eigenvalue weighted by atomic mass is 10.1. The average Bonchev–Trinajstić information content (AvgIpc) is 2.68. The van der Waals surface area contributed by atoms with Gasteiger partial charge in [0, 0.05) is 24.9 Å². The second-order valence-corrected chi connectivity index (χ2v) is 5.66. The fraction of sp³-hybridized carbons (Fsp3) is 0.714. The van der Waals surface area contributed by atoms with Crippen molar-refractivity contribution in [3.8, 4) is 0 Å². The van der Waals surface area contributed by atoms with E-state index in [1.807, 2.05) is 4.68 Å². The van der Waals surface area contributed by atoms with E-state index >= 15 is 0 Å². The maximum Gasteiger partial charge on any atom is 0.150 e. The van der Waals surface area contributed by atoms with Crippen LogP contribution in [-0.2, 0) is 19.4 Å². The van der Waals surface area contributed by atoms with Crippen LogP contribution in [0.1, 0.15) is 46.3 Å². The molecule has 1 aromatic heterocycles. The fourth-order valence-electron chi connectivity index (χ4n) is 1.62. The molecule has 0 bridgehead atoms. The molecule has 4 heteroatoms. The third-order valence-electron chi connectivity index (χ3n) is 2.67. The highest BCUT2D eigenvalue weighted by atomic mass is 15.3. The number of rotatable bonds is 6. The van der Waals surface area contributed by atoms with Crippen LogP contribution in [0.25, 0.3) is 0 Å². The summed E-state index contributed by atoms with van der Waals surface area (Å²) in [5.74, 6) is 1.96. The first-order valence-electron chi connectivity index (χ1n) is 6.70. The molecule has 4 nitrogen and oxygen atoms in total. The lowest BCUT2D eigenvalue weighted by molar-refractivity contribution is 0.438. The Morgan fingerprint density at radius 1 is 1.28 bits per heavy atom. The molecule has 1 rings (SSSR count). The van der Waals surface area contributed by atoms with Gasteiger partial charge in [-0.1, -0.05) is 20.4 Å². The zero-order valence-corrected chi connectivity index (χ0v) is 12.4. The van der Waals surface area contributed by atoms with Crippen molar-refractivity contribution in [2.24, 2.45) is 0 Å². The Morgan fingerprint density at radius 3 is 2.44 bits per heavy atom. The van der Waals surface area contributed by atoms with Crippen molar-refractivity contribution in [3.05, 3.63) is 23.8 Å². The smallest absolute Gasteiger partial charge is 0.150 e. The van der Waals surface area contributed by atoms with Gasteiger partial charge in [0.15, 0.2) is 5.82 Å². The first kappa shape index (κ1) is 14.9. The molecule has 1 N–H and O–H groups in total. The van der Waals surface area contributed by atoms with Crippen LogP contribution in [0.3, 0.4) is 0 Å². The Morgan fingerprint density at radius 2 is 1.94 bits per heavy atom. The second kappa shape index (κ2) is 6.14. The monoisotopic (exact) mass is 250 g/mol. The quantitative estimate of drug-likeness (QED) is 0.788. The zero-order valence-electron chi connectivity index (χ0n) is 12.4. The van der Waals surface area contributed by atoms with Gasteiger partial charge in [-0.05, 0) is 26.3 Å². The molecule has 102 valence electrons. The molecule has 0 saturated carbocycles. The summed E-state index contributed by atoms with van der Waals surface area (Å²) in [4.78, 5) is 4.50. The molecule has 0 aliphatic rings. The lowest BCUT2D eigenvalue weighted by Gasteiger charge is -2.21. The van der Waals surface area contributed by atoms with Crippen LogP contribution in [0.5, 0.6) is 0 Å². The maximum absolute atomic E-state index is 4.50. The van der Waals surface area contributed by atoms with Gasteiger partial charge in [-0.25, -0.2) is 9.67 Å². The molecule has 18 heavy (non-hydrogen) atoms. The molecule has 1 heterocycles. The van der Waals surface area contributed by atoms with E-state index in [-0.39, 0.29) is 5.54 Å². The summed E-state index contributed by atoms with van der Waals surface area (Å²) >= 11 is 0. The van der Waals surface area contributed by atoms with Gasteiger partial charge in [-0.3, -0.25) is 0 Å². The molecule has 0 spiro atoms. The predicted molar refractivity (Wildman–Crippen MR) is 75.7 cm³/mol. The molecule has 1 aromatic rings. The standard InChI is InChI=1S/C14H26N4/c1-7-12-16-13(8-2)18(17-12)10-11(3)9-15-14(4,5)6/h15H,3,7-10H2,1-2,4-6H3. The third-order valence-corrected chi connectivity index (χ3v) is 2.67. The normalized spacial score (nSPS) is 11.8. The Balaban J connectivity index is 2.61. The summed E-state index contributed by atoms with van der Waals surface area (Å²) < 4.78 is 1.98. The number of nitrogens with one attached hydrogen (secondary N) is 1. The SMILES string of the molecule is C=C(CNC(C)(C)C)Cn1nc(CC)nc1CC. The van der Waals surface area contributed by atoms with E-state index < -0.39 is 0 Å². The molecule has 0 fully saturated rings. The number of aromatic nitrogens is 3. The highest BCUT2D eigenvalue weighted by molar-refractivity contribution is 5.02. The first-order valence-corrected chi connectivity index (χ1v) is 6.70. The summed E-state index contributed by atoms with van der Waals surface area (Å²) in [6.45, 7) is 16.3. The van der Waals surface area contributed by atoms with Gasteiger partial charge >= 0.3 is 0 Å². The van der Waals surface area contributed by atoms with Crippen LogP contribution in [0.2, 0.25) is 0 Å². The Kier molecular flexibility index (Phi) is 5.08. The van der Waals surface area contributed by atoms with Gasteiger partial charge in [0.05, 0.1) is 6.54 Å². The highest BCUT2D eigenvalue weighted by Gasteiger charge is 2.11. The third kappa shape index (κ3) is 4.61. The van der Waals surface area contributed by atoms with E-state index in [1.54, 1.807) is 0 Å². The van der Waals surface area contributed by atoms with E-state index in [2.05, 4.69) is 56.6 Å². The minimum absolute atomic E-state index is 0.119. The largest absolute Gasteiger partial charge is 0.308 e. The van der Waals surface area contributed by atoms with Crippen molar-refractivity contribution < 1.29 is 0 Å². The molecule has 0 radical (unpaired) electrons. The minimum Gasteiger partial charge on any atom is -0.308 e. The highest BCUT2D eigenvalue weighted by Crippen LogP contribution is 2.05. The second-order valence-electron chi connectivity index (χ2n) is 5.66. The molecular formula is C14H26N4. The van der Waals surface area contributed by atoms with Crippen molar-refractivity contribution in [3.63, 3.8) is 0 Å². The summed E-state index contributed by atoms with van der Waals surface area (Å²) in [6, 6.07) is 0. The summed E-state index contributed by atoms with van der Waals surface area (Å²) in [7, 11) is 0. The molecule has 0 aliphatic carbocycles. The summed E-state index contributed by atoms with van der Waals surface area (Å²) in [5, 5.41) is 7.94. The molecule has 0 saturated heterocycles. The van der Waals surface area contributed by atoms with E-state index in [9.17, 15) is 0 Å². The molecule has 0 aromatic carbocycles. The van der Waals surface area contributed by atoms with Crippen molar-refractivity contribution in [2.75, 3.05) is 6.54 Å². The van der Waals surface area contributed by atoms with Crippen LogP contribution in [0.15, 0.2) is 12.2 Å². The van der Waals surface area contributed by atoms with Crippen LogP contribution in [-0.4, -0.2) is 26.8 Å². The van der Waals surface area contributed by atoms with Gasteiger partial charge in [-0.15, -0.1) is 0 Å². The maximum atomic E-state index is 4.50. The average molecular weight is 250 g/mol. The molecule has 0 amide bonds. The molecule has 0 atom stereocenters. The van der Waals surface area contributed by atoms with Crippen LogP contribution in [0.4, 0.5) is 0 Å². The van der Waals surface area contributed by atoms with Crippen molar-refractivity contribution >= 4 is 0 Å². The topological polar surface area (TPSA) is 42.7 Å². The van der Waals surface area contributed by atoms with E-state index in [4.69, 9.17) is 0 Å². The van der Waals surface area contributed by atoms with E-state index in [0.29, 0.717) is 0 Å². The number of hydrogen-bond acceptors (Lipinski definition) is 3. The van der Waals surface area contributed by atoms with Crippen LogP contribution < -0.4 is 5.32 Å². The lowest BCUT2D eigenvalue weighted by Crippen LogP contribution is -2.37. The summed E-state index contributed by atoms with van der Waals surface area (Å²) in [6.07, 6.45) is 1.79. The van der Waals surface area contributed by atoms with Gasteiger partial charge in [0.2, 0.25) is 0 Å². The van der Waals surface area contributed by atoms with Gasteiger partial charge in [0.25, 0.3) is 0 Å². The van der Waals surface area contributed by atoms with E-state index in [1.165, 1.54) is 0 Å². The van der Waals surface area contributed by atoms with Crippen molar-refractivity contribution in [1.82, 2.24) is 20.1 Å². The van der Waals surface area contributed by atoms with Gasteiger partial charge in [-0.2, -0.15) is 5.10 Å². The number of aryl methyl sites for hydroxylation is 2. The van der Waals surface area contributed by atoms with Gasteiger partial charge < -0.3 is 5.32 Å². The fourth-order valence-corrected chi connectivity index (χ4v) is 1.62. The summed E-state index contributed by atoms with van der Waals surface area (Å²) in [5.41, 5.74) is 1.25. The van der Waals surface area contributed by atoms with Crippen LogP contribution in [0, 0.1) is 0 Å². The van der Waals surface area contributed by atoms with Crippen molar-refractivity contribution in [1.29, 1.82) is 0 Å². The first-order chi connectivity index (χ1) is 8.35. The Labute approximate surface area is 110 Å². The Hall–Kier alpha value is -1.16. The minimum atomic E-state index is 0.119. The van der Waals surface area contributed by atoms with Crippen LogP contribution >= 0.6 is 0 Å². The number of hydrogen-bond donors (Lipinski definition) is 1. The Bertz CT molecular complexity index is 398. The predicted octanol–water partition coefficient (Wildman–Crippen LogP) is 2.35. The molecule has 0 aliphatic heterocycles.